The SMILES string of the molecule is O=C(c1ccc2cc[nH]c2c1)N1CCN([C@@H]2CCC[C@@H]2O)CC1. The first-order valence-electron chi connectivity index (χ1n) is 8.51. The molecule has 1 aliphatic carbocycles. The van der Waals surface area contributed by atoms with Gasteiger partial charge in [-0.2, -0.15) is 0 Å². The van der Waals surface area contributed by atoms with Crippen LogP contribution < -0.4 is 0 Å². The highest BCUT2D eigenvalue weighted by atomic mass is 16.3. The molecule has 1 aliphatic heterocycles. The fraction of sp³-hybridized carbons (Fsp3) is 0.500. The van der Waals surface area contributed by atoms with Crippen molar-refractivity contribution in [2.45, 2.75) is 31.4 Å². The lowest BCUT2D eigenvalue weighted by atomic mass is 10.1. The van der Waals surface area contributed by atoms with Gasteiger partial charge in [0.2, 0.25) is 0 Å². The number of aliphatic hydroxyl groups is 1. The Morgan fingerprint density at radius 3 is 2.70 bits per heavy atom. The molecule has 1 aromatic carbocycles. The molecule has 5 heteroatoms. The highest BCUT2D eigenvalue weighted by molar-refractivity contribution is 5.98. The van der Waals surface area contributed by atoms with Gasteiger partial charge in [-0.3, -0.25) is 9.69 Å². The summed E-state index contributed by atoms with van der Waals surface area (Å²) < 4.78 is 0. The Balaban J connectivity index is 1.42. The van der Waals surface area contributed by atoms with Gasteiger partial charge in [0.05, 0.1) is 6.10 Å². The standard InChI is InChI=1S/C18H23N3O2/c22-17-3-1-2-16(17)20-8-10-21(11-9-20)18(23)14-5-4-13-6-7-19-15(13)12-14/h4-7,12,16-17,19,22H,1-3,8-11H2/t16-,17+/m1/s1. The Bertz CT molecular complexity index is 703. The molecule has 23 heavy (non-hydrogen) atoms. The van der Waals surface area contributed by atoms with Crippen molar-refractivity contribution >= 4 is 16.8 Å². The quantitative estimate of drug-likeness (QED) is 0.889. The Morgan fingerprint density at radius 2 is 1.96 bits per heavy atom. The molecular formula is C18H23N3O2. The van der Waals surface area contributed by atoms with E-state index in [0.717, 1.165) is 61.9 Å². The molecule has 0 bridgehead atoms. The molecule has 2 N–H and O–H groups in total. The van der Waals surface area contributed by atoms with E-state index in [9.17, 15) is 9.90 Å². The lowest BCUT2D eigenvalue weighted by Gasteiger charge is -2.39. The maximum atomic E-state index is 12.7. The van der Waals surface area contributed by atoms with Crippen molar-refractivity contribution in [1.82, 2.24) is 14.8 Å². The summed E-state index contributed by atoms with van der Waals surface area (Å²) in [7, 11) is 0. The minimum absolute atomic E-state index is 0.105. The number of benzene rings is 1. The fourth-order valence-electron chi connectivity index (χ4n) is 3.97. The molecule has 2 heterocycles. The lowest BCUT2D eigenvalue weighted by molar-refractivity contribution is 0.0315. The van der Waals surface area contributed by atoms with Gasteiger partial charge in [0.15, 0.2) is 0 Å². The van der Waals surface area contributed by atoms with Crippen LogP contribution >= 0.6 is 0 Å². The third kappa shape index (κ3) is 2.75. The fourth-order valence-corrected chi connectivity index (χ4v) is 3.97. The Kier molecular flexibility index (Phi) is 3.83. The van der Waals surface area contributed by atoms with Crippen molar-refractivity contribution in [2.75, 3.05) is 26.2 Å². The van der Waals surface area contributed by atoms with Crippen LogP contribution in [0.25, 0.3) is 10.9 Å². The summed E-state index contributed by atoms with van der Waals surface area (Å²) >= 11 is 0. The zero-order chi connectivity index (χ0) is 15.8. The third-order valence-corrected chi connectivity index (χ3v) is 5.32. The molecule has 0 radical (unpaired) electrons. The van der Waals surface area contributed by atoms with E-state index in [1.54, 1.807) is 0 Å². The van der Waals surface area contributed by atoms with Crippen LogP contribution in [0.4, 0.5) is 0 Å². The van der Waals surface area contributed by atoms with Gasteiger partial charge >= 0.3 is 0 Å². The molecule has 2 aromatic rings. The van der Waals surface area contributed by atoms with Crippen LogP contribution in [0, 0.1) is 0 Å². The molecule has 2 fully saturated rings. The largest absolute Gasteiger partial charge is 0.391 e. The molecule has 1 saturated heterocycles. The summed E-state index contributed by atoms with van der Waals surface area (Å²) in [5.41, 5.74) is 1.75. The van der Waals surface area contributed by atoms with Crippen molar-refractivity contribution in [3.05, 3.63) is 36.0 Å². The van der Waals surface area contributed by atoms with Gasteiger partial charge in [-0.25, -0.2) is 0 Å². The van der Waals surface area contributed by atoms with E-state index < -0.39 is 0 Å². The van der Waals surface area contributed by atoms with E-state index in [2.05, 4.69) is 9.88 Å². The van der Waals surface area contributed by atoms with E-state index in [4.69, 9.17) is 0 Å². The van der Waals surface area contributed by atoms with Crippen LogP contribution in [0.15, 0.2) is 30.5 Å². The van der Waals surface area contributed by atoms with Crippen LogP contribution in [0.3, 0.4) is 0 Å². The molecule has 122 valence electrons. The summed E-state index contributed by atoms with van der Waals surface area (Å²) in [5, 5.41) is 11.2. The van der Waals surface area contributed by atoms with Gasteiger partial charge in [0.1, 0.15) is 0 Å². The first-order valence-corrected chi connectivity index (χ1v) is 8.51. The number of amides is 1. The number of aromatic amines is 1. The van der Waals surface area contributed by atoms with E-state index in [1.807, 2.05) is 35.4 Å². The number of fused-ring (bicyclic) bond motifs is 1. The van der Waals surface area contributed by atoms with Gasteiger partial charge in [0, 0.05) is 49.5 Å². The van der Waals surface area contributed by atoms with Gasteiger partial charge in [-0.1, -0.05) is 6.07 Å². The Morgan fingerprint density at radius 1 is 1.13 bits per heavy atom. The van der Waals surface area contributed by atoms with Crippen LogP contribution in [-0.2, 0) is 0 Å². The molecule has 2 aliphatic rings. The molecular weight excluding hydrogens is 290 g/mol. The minimum Gasteiger partial charge on any atom is -0.391 e. The molecule has 1 amide bonds. The minimum atomic E-state index is -0.187. The Labute approximate surface area is 135 Å². The summed E-state index contributed by atoms with van der Waals surface area (Å²) in [6.07, 6.45) is 4.82. The maximum absolute atomic E-state index is 12.7. The summed E-state index contributed by atoms with van der Waals surface area (Å²) in [6, 6.07) is 8.14. The van der Waals surface area contributed by atoms with Crippen molar-refractivity contribution < 1.29 is 9.90 Å². The van der Waals surface area contributed by atoms with E-state index in [1.165, 1.54) is 0 Å². The average molecular weight is 313 g/mol. The zero-order valence-electron chi connectivity index (χ0n) is 13.2. The highest BCUT2D eigenvalue weighted by Crippen LogP contribution is 2.25. The first-order chi connectivity index (χ1) is 11.2. The zero-order valence-corrected chi connectivity index (χ0v) is 13.2. The maximum Gasteiger partial charge on any atom is 0.254 e. The average Bonchev–Trinajstić information content (AvgIpc) is 3.22. The number of nitrogens with zero attached hydrogens (tertiary/aromatic N) is 2. The van der Waals surface area contributed by atoms with Gasteiger partial charge in [0.25, 0.3) is 5.91 Å². The van der Waals surface area contributed by atoms with Crippen LogP contribution in [0.1, 0.15) is 29.6 Å². The normalized spacial score (nSPS) is 26.0. The third-order valence-electron chi connectivity index (χ3n) is 5.32. The van der Waals surface area contributed by atoms with Crippen LogP contribution in [0.5, 0.6) is 0 Å². The molecule has 0 unspecified atom stereocenters. The number of carbonyl (C=O) groups excluding carboxylic acids is 1. The number of rotatable bonds is 2. The topological polar surface area (TPSA) is 59.6 Å². The number of hydrogen-bond donors (Lipinski definition) is 2. The predicted octanol–water partition coefficient (Wildman–Crippen LogP) is 1.84. The van der Waals surface area contributed by atoms with E-state index in [-0.39, 0.29) is 12.0 Å². The second kappa shape index (κ2) is 5.98. The second-order valence-corrected chi connectivity index (χ2v) is 6.67. The van der Waals surface area contributed by atoms with E-state index in [0.29, 0.717) is 6.04 Å². The molecule has 2 atom stereocenters. The number of H-pyrrole nitrogens is 1. The van der Waals surface area contributed by atoms with E-state index >= 15 is 0 Å². The molecule has 0 spiro atoms. The number of piperazine rings is 1. The first kappa shape index (κ1) is 14.7. The lowest BCUT2D eigenvalue weighted by Crippen LogP contribution is -2.53. The Hall–Kier alpha value is -1.85. The van der Waals surface area contributed by atoms with Crippen LogP contribution in [-0.4, -0.2) is 64.1 Å². The monoisotopic (exact) mass is 313 g/mol. The summed E-state index contributed by atoms with van der Waals surface area (Å²) in [5.74, 6) is 0.105. The summed E-state index contributed by atoms with van der Waals surface area (Å²) in [4.78, 5) is 20.2. The molecule has 1 aromatic heterocycles. The van der Waals surface area contributed by atoms with Gasteiger partial charge in [-0.05, 0) is 42.8 Å². The van der Waals surface area contributed by atoms with Gasteiger partial charge in [-0.15, -0.1) is 0 Å². The second-order valence-electron chi connectivity index (χ2n) is 6.67. The van der Waals surface area contributed by atoms with Crippen molar-refractivity contribution in [1.29, 1.82) is 0 Å². The van der Waals surface area contributed by atoms with Crippen molar-refractivity contribution in [3.8, 4) is 0 Å². The van der Waals surface area contributed by atoms with Crippen molar-refractivity contribution in [2.24, 2.45) is 0 Å². The molecule has 4 rings (SSSR count). The predicted molar refractivity (Wildman–Crippen MR) is 89.4 cm³/mol. The number of aromatic nitrogens is 1. The summed E-state index contributed by atoms with van der Waals surface area (Å²) in [6.45, 7) is 3.20. The number of aliphatic hydroxyl groups excluding tert-OH is 1. The van der Waals surface area contributed by atoms with Crippen LogP contribution in [0.2, 0.25) is 0 Å². The smallest absolute Gasteiger partial charge is 0.254 e. The number of carbonyl (C=O) groups is 1. The highest BCUT2D eigenvalue weighted by Gasteiger charge is 2.33. The van der Waals surface area contributed by atoms with Gasteiger partial charge < -0.3 is 15.0 Å². The molecule has 5 nitrogen and oxygen atoms in total. The molecule has 1 saturated carbocycles. The number of nitrogens with one attached hydrogen (secondary N) is 1. The number of hydrogen-bond acceptors (Lipinski definition) is 3. The van der Waals surface area contributed by atoms with Crippen molar-refractivity contribution in [3.63, 3.8) is 0 Å².